The number of benzene rings is 1. The van der Waals surface area contributed by atoms with Crippen molar-refractivity contribution in [2.75, 3.05) is 13.2 Å². The maximum Gasteiger partial charge on any atom is 0.317 e. The van der Waals surface area contributed by atoms with Gasteiger partial charge in [0.15, 0.2) is 0 Å². The van der Waals surface area contributed by atoms with E-state index < -0.39 is 41.3 Å². The van der Waals surface area contributed by atoms with Crippen molar-refractivity contribution in [1.29, 1.82) is 0 Å². The summed E-state index contributed by atoms with van der Waals surface area (Å²) < 4.78 is 10.0. The van der Waals surface area contributed by atoms with Crippen molar-refractivity contribution in [2.45, 2.75) is 33.6 Å². The molecule has 0 heterocycles. The van der Waals surface area contributed by atoms with Gasteiger partial charge in [0.05, 0.1) is 23.3 Å². The fraction of sp³-hybridized carbons (Fsp3) is 0.474. The summed E-state index contributed by atoms with van der Waals surface area (Å²) in [4.78, 5) is 49.7. The minimum atomic E-state index is -1.42. The molecule has 0 radical (unpaired) electrons. The molecule has 2 unspecified atom stereocenters. The molecule has 0 spiro atoms. The van der Waals surface area contributed by atoms with Gasteiger partial charge in [0.25, 0.3) is 0 Å². The van der Waals surface area contributed by atoms with Gasteiger partial charge in [-0.15, -0.1) is 0 Å². The predicted octanol–water partition coefficient (Wildman–Crippen LogP) is 3.61. The lowest BCUT2D eigenvalue weighted by atomic mass is 9.73. The van der Waals surface area contributed by atoms with Crippen molar-refractivity contribution >= 4 is 46.7 Å². The van der Waals surface area contributed by atoms with E-state index in [4.69, 9.17) is 32.7 Å². The summed E-state index contributed by atoms with van der Waals surface area (Å²) >= 11 is 12.4. The lowest BCUT2D eigenvalue weighted by Crippen LogP contribution is -2.40. The Kier molecular flexibility index (Phi) is 8.93. The van der Waals surface area contributed by atoms with E-state index in [-0.39, 0.29) is 28.8 Å². The maximum atomic E-state index is 12.5. The molecule has 27 heavy (non-hydrogen) atoms. The molecule has 0 aliphatic rings. The first-order valence-electron chi connectivity index (χ1n) is 8.45. The number of ketones is 2. The number of rotatable bonds is 9. The number of hydrogen-bond donors (Lipinski definition) is 0. The first-order valence-corrected chi connectivity index (χ1v) is 9.20. The van der Waals surface area contributed by atoms with Crippen molar-refractivity contribution in [1.82, 2.24) is 0 Å². The zero-order valence-electron chi connectivity index (χ0n) is 15.6. The van der Waals surface area contributed by atoms with Crippen LogP contribution < -0.4 is 0 Å². The van der Waals surface area contributed by atoms with Crippen LogP contribution in [0.25, 0.3) is 0 Å². The molecule has 0 saturated heterocycles. The number of carbonyl (C=O) groups excluding carboxylic acids is 4. The summed E-state index contributed by atoms with van der Waals surface area (Å²) in [6, 6.07) is 4.59. The van der Waals surface area contributed by atoms with E-state index in [9.17, 15) is 19.2 Å². The topological polar surface area (TPSA) is 86.7 Å². The van der Waals surface area contributed by atoms with Crippen LogP contribution >= 0.6 is 23.2 Å². The Morgan fingerprint density at radius 1 is 0.889 bits per heavy atom. The largest absolute Gasteiger partial charge is 0.465 e. The molecule has 0 bridgehead atoms. The number of esters is 2. The lowest BCUT2D eigenvalue weighted by molar-refractivity contribution is -0.157. The Bertz CT molecular complexity index is 695. The first kappa shape index (κ1) is 23.1. The van der Waals surface area contributed by atoms with Gasteiger partial charge in [-0.05, 0) is 39.3 Å². The zero-order chi connectivity index (χ0) is 20.7. The van der Waals surface area contributed by atoms with Gasteiger partial charge in [-0.3, -0.25) is 19.2 Å². The van der Waals surface area contributed by atoms with Crippen LogP contribution in [0.1, 0.15) is 39.2 Å². The van der Waals surface area contributed by atoms with Crippen LogP contribution in [0.15, 0.2) is 18.2 Å². The van der Waals surface area contributed by atoms with E-state index in [1.54, 1.807) is 19.9 Å². The van der Waals surface area contributed by atoms with Crippen LogP contribution in [0.5, 0.6) is 0 Å². The fourth-order valence-corrected chi connectivity index (χ4v) is 3.36. The van der Waals surface area contributed by atoms with Crippen LogP contribution in [0.3, 0.4) is 0 Å². The fourth-order valence-electron chi connectivity index (χ4n) is 2.92. The number of Topliss-reactive ketones (excluding diaryl/α,β-unsaturated/α-hetero) is 2. The Labute approximate surface area is 168 Å². The Balaban J connectivity index is 3.70. The molecule has 0 N–H and O–H groups in total. The molecule has 1 aromatic rings. The van der Waals surface area contributed by atoms with Crippen molar-refractivity contribution in [2.24, 2.45) is 11.8 Å². The summed E-state index contributed by atoms with van der Waals surface area (Å²) in [5, 5.41) is 0.215. The Hall–Kier alpha value is -1.92. The molecule has 6 nitrogen and oxygen atoms in total. The van der Waals surface area contributed by atoms with E-state index >= 15 is 0 Å². The van der Waals surface area contributed by atoms with E-state index in [0.717, 1.165) is 0 Å². The van der Waals surface area contributed by atoms with Crippen LogP contribution in [0, 0.1) is 11.8 Å². The SMILES string of the molecule is CCOC(=O)C(C(C)=O)C(c1cccc(Cl)c1Cl)C(C(C)=O)C(=O)OCC. The van der Waals surface area contributed by atoms with Crippen molar-refractivity contribution < 1.29 is 28.7 Å². The highest BCUT2D eigenvalue weighted by molar-refractivity contribution is 6.42. The Morgan fingerprint density at radius 3 is 1.70 bits per heavy atom. The summed E-state index contributed by atoms with van der Waals surface area (Å²) in [7, 11) is 0. The summed E-state index contributed by atoms with van der Waals surface area (Å²) in [6.07, 6.45) is 0. The number of carbonyl (C=O) groups is 4. The highest BCUT2D eigenvalue weighted by Gasteiger charge is 2.46. The molecular formula is C19H22Cl2O6. The number of ether oxygens (including phenoxy) is 2. The lowest BCUT2D eigenvalue weighted by Gasteiger charge is -2.30. The van der Waals surface area contributed by atoms with Gasteiger partial charge >= 0.3 is 11.9 Å². The molecule has 0 aliphatic heterocycles. The van der Waals surface area contributed by atoms with Crippen molar-refractivity contribution in [3.63, 3.8) is 0 Å². The second-order valence-electron chi connectivity index (χ2n) is 5.85. The second-order valence-corrected chi connectivity index (χ2v) is 6.63. The van der Waals surface area contributed by atoms with Gasteiger partial charge in [0.2, 0.25) is 0 Å². The molecule has 1 aromatic carbocycles. The molecule has 0 aromatic heterocycles. The molecule has 2 atom stereocenters. The highest BCUT2D eigenvalue weighted by Crippen LogP contribution is 2.41. The average Bonchev–Trinajstić information content (AvgIpc) is 2.56. The molecule has 0 saturated carbocycles. The highest BCUT2D eigenvalue weighted by atomic mass is 35.5. The van der Waals surface area contributed by atoms with Gasteiger partial charge in [-0.1, -0.05) is 35.3 Å². The number of halogens is 2. The standard InChI is InChI=1S/C19H22Cl2O6/c1-5-26-18(24)14(10(3)22)16(12-8-7-9-13(20)17(12)21)15(11(4)23)19(25)27-6-2/h7-9,14-16H,5-6H2,1-4H3. The minimum absolute atomic E-state index is 0.0305. The molecule has 0 fully saturated rings. The first-order chi connectivity index (χ1) is 12.7. The van der Waals surface area contributed by atoms with E-state index in [1.807, 2.05) is 0 Å². The third kappa shape index (κ3) is 5.53. The van der Waals surface area contributed by atoms with Crippen LogP contribution in [-0.4, -0.2) is 36.7 Å². The normalized spacial score (nSPS) is 14.0. The molecule has 8 heteroatoms. The van der Waals surface area contributed by atoms with Crippen LogP contribution in [0.4, 0.5) is 0 Å². The summed E-state index contributed by atoms with van der Waals surface area (Å²) in [6.45, 7) is 5.62. The summed E-state index contributed by atoms with van der Waals surface area (Å²) in [5.41, 5.74) is 0.227. The van der Waals surface area contributed by atoms with Gasteiger partial charge in [0, 0.05) is 5.92 Å². The monoisotopic (exact) mass is 416 g/mol. The molecule has 0 aliphatic carbocycles. The van der Waals surface area contributed by atoms with E-state index in [0.29, 0.717) is 0 Å². The quantitative estimate of drug-likeness (QED) is 0.451. The zero-order valence-corrected chi connectivity index (χ0v) is 17.1. The molecular weight excluding hydrogens is 395 g/mol. The third-order valence-electron chi connectivity index (χ3n) is 4.02. The van der Waals surface area contributed by atoms with Gasteiger partial charge in [-0.2, -0.15) is 0 Å². The predicted molar refractivity (Wildman–Crippen MR) is 101 cm³/mol. The molecule has 1 rings (SSSR count). The Morgan fingerprint density at radius 2 is 1.33 bits per heavy atom. The third-order valence-corrected chi connectivity index (χ3v) is 4.85. The smallest absolute Gasteiger partial charge is 0.317 e. The molecule has 0 amide bonds. The van der Waals surface area contributed by atoms with Gasteiger partial charge < -0.3 is 9.47 Å². The van der Waals surface area contributed by atoms with Crippen molar-refractivity contribution in [3.8, 4) is 0 Å². The summed E-state index contributed by atoms with van der Waals surface area (Å²) in [5.74, 6) is -6.86. The van der Waals surface area contributed by atoms with E-state index in [2.05, 4.69) is 0 Å². The van der Waals surface area contributed by atoms with Gasteiger partial charge in [-0.25, -0.2) is 0 Å². The van der Waals surface area contributed by atoms with Crippen LogP contribution in [-0.2, 0) is 28.7 Å². The molecule has 148 valence electrons. The maximum absolute atomic E-state index is 12.5. The second kappa shape index (κ2) is 10.4. The minimum Gasteiger partial charge on any atom is -0.465 e. The average molecular weight is 417 g/mol. The number of hydrogen-bond acceptors (Lipinski definition) is 6. The van der Waals surface area contributed by atoms with Gasteiger partial charge in [0.1, 0.15) is 23.4 Å². The van der Waals surface area contributed by atoms with E-state index in [1.165, 1.54) is 26.0 Å². The van der Waals surface area contributed by atoms with Crippen molar-refractivity contribution in [3.05, 3.63) is 33.8 Å². The van der Waals surface area contributed by atoms with Crippen LogP contribution in [0.2, 0.25) is 10.0 Å².